The SMILES string of the molecule is CC1CCC(NC(=O)Cc2ccc(C(=O)O)cc2)C(C)C1. The van der Waals surface area contributed by atoms with Crippen LogP contribution in [0.1, 0.15) is 49.0 Å². The summed E-state index contributed by atoms with van der Waals surface area (Å²) in [6, 6.07) is 6.75. The molecule has 3 unspecified atom stereocenters. The molecule has 1 aliphatic carbocycles. The van der Waals surface area contributed by atoms with E-state index in [2.05, 4.69) is 19.2 Å². The number of carbonyl (C=O) groups is 2. The number of nitrogens with one attached hydrogen (secondary N) is 1. The highest BCUT2D eigenvalue weighted by Crippen LogP contribution is 2.28. The van der Waals surface area contributed by atoms with E-state index in [1.807, 2.05) is 0 Å². The smallest absolute Gasteiger partial charge is 0.335 e. The number of carboxylic acids is 1. The molecular weight excluding hydrogens is 266 g/mol. The second-order valence-corrected chi connectivity index (χ2v) is 6.25. The van der Waals surface area contributed by atoms with Gasteiger partial charge in [0, 0.05) is 6.04 Å². The lowest BCUT2D eigenvalue weighted by Crippen LogP contribution is -2.43. The quantitative estimate of drug-likeness (QED) is 0.895. The van der Waals surface area contributed by atoms with Crippen molar-refractivity contribution in [3.63, 3.8) is 0 Å². The minimum atomic E-state index is -0.948. The first-order valence-electron chi connectivity index (χ1n) is 7.57. The molecule has 21 heavy (non-hydrogen) atoms. The molecule has 1 fully saturated rings. The zero-order valence-corrected chi connectivity index (χ0v) is 12.6. The molecule has 3 atom stereocenters. The predicted molar refractivity (Wildman–Crippen MR) is 81.2 cm³/mol. The van der Waals surface area contributed by atoms with Gasteiger partial charge in [-0.25, -0.2) is 4.79 Å². The van der Waals surface area contributed by atoms with Crippen molar-refractivity contribution in [2.45, 2.75) is 45.6 Å². The van der Waals surface area contributed by atoms with E-state index in [-0.39, 0.29) is 17.5 Å². The molecule has 114 valence electrons. The van der Waals surface area contributed by atoms with Gasteiger partial charge in [0.2, 0.25) is 5.91 Å². The van der Waals surface area contributed by atoms with Crippen molar-refractivity contribution >= 4 is 11.9 Å². The molecule has 4 nitrogen and oxygen atoms in total. The van der Waals surface area contributed by atoms with Crippen LogP contribution in [0.4, 0.5) is 0 Å². The van der Waals surface area contributed by atoms with Gasteiger partial charge in [-0.3, -0.25) is 4.79 Å². The fourth-order valence-corrected chi connectivity index (χ4v) is 3.09. The summed E-state index contributed by atoms with van der Waals surface area (Å²) in [6.45, 7) is 4.46. The van der Waals surface area contributed by atoms with Crippen molar-refractivity contribution in [3.05, 3.63) is 35.4 Å². The summed E-state index contributed by atoms with van der Waals surface area (Å²) in [5.41, 5.74) is 1.09. The van der Waals surface area contributed by atoms with Gasteiger partial charge in [0.15, 0.2) is 0 Å². The van der Waals surface area contributed by atoms with E-state index in [0.29, 0.717) is 12.3 Å². The monoisotopic (exact) mass is 289 g/mol. The first-order valence-corrected chi connectivity index (χ1v) is 7.57. The minimum absolute atomic E-state index is 0.0180. The molecule has 0 heterocycles. The number of hydrogen-bond donors (Lipinski definition) is 2. The first-order chi connectivity index (χ1) is 9.95. The molecule has 0 aromatic heterocycles. The number of carboxylic acid groups (broad SMARTS) is 1. The Bertz CT molecular complexity index is 509. The van der Waals surface area contributed by atoms with Crippen molar-refractivity contribution < 1.29 is 14.7 Å². The number of amides is 1. The van der Waals surface area contributed by atoms with Crippen molar-refractivity contribution in [2.24, 2.45) is 11.8 Å². The van der Waals surface area contributed by atoms with E-state index in [0.717, 1.165) is 24.3 Å². The van der Waals surface area contributed by atoms with Gasteiger partial charge in [-0.1, -0.05) is 26.0 Å². The van der Waals surface area contributed by atoms with Gasteiger partial charge in [-0.2, -0.15) is 0 Å². The average molecular weight is 289 g/mol. The molecule has 0 aliphatic heterocycles. The zero-order chi connectivity index (χ0) is 15.4. The normalized spacial score (nSPS) is 25.3. The molecule has 1 aromatic rings. The van der Waals surface area contributed by atoms with Crippen LogP contribution in [-0.4, -0.2) is 23.0 Å². The van der Waals surface area contributed by atoms with Crippen LogP contribution in [0, 0.1) is 11.8 Å². The zero-order valence-electron chi connectivity index (χ0n) is 12.6. The molecule has 4 heteroatoms. The van der Waals surface area contributed by atoms with Gasteiger partial charge in [0.05, 0.1) is 12.0 Å². The maximum Gasteiger partial charge on any atom is 0.335 e. The highest BCUT2D eigenvalue weighted by molar-refractivity contribution is 5.87. The summed E-state index contributed by atoms with van der Waals surface area (Å²) in [5.74, 6) is 0.337. The van der Waals surface area contributed by atoms with E-state index in [4.69, 9.17) is 5.11 Å². The Labute approximate surface area is 125 Å². The van der Waals surface area contributed by atoms with Crippen LogP contribution in [0.3, 0.4) is 0 Å². The van der Waals surface area contributed by atoms with Gasteiger partial charge in [0.1, 0.15) is 0 Å². The average Bonchev–Trinajstić information content (AvgIpc) is 2.42. The number of aromatic carboxylic acids is 1. The lowest BCUT2D eigenvalue weighted by Gasteiger charge is -2.33. The molecule has 0 saturated heterocycles. The number of rotatable bonds is 4. The van der Waals surface area contributed by atoms with Crippen molar-refractivity contribution in [3.8, 4) is 0 Å². The van der Waals surface area contributed by atoms with Crippen molar-refractivity contribution in [1.82, 2.24) is 5.32 Å². The summed E-state index contributed by atoms with van der Waals surface area (Å²) in [4.78, 5) is 22.9. The van der Waals surface area contributed by atoms with Crippen LogP contribution in [-0.2, 0) is 11.2 Å². The second-order valence-electron chi connectivity index (χ2n) is 6.25. The summed E-state index contributed by atoms with van der Waals surface area (Å²) in [7, 11) is 0. The second kappa shape index (κ2) is 6.74. The topological polar surface area (TPSA) is 66.4 Å². The standard InChI is InChI=1S/C17H23NO3/c1-11-3-8-15(12(2)9-11)18-16(19)10-13-4-6-14(7-5-13)17(20)21/h4-7,11-12,15H,3,8-10H2,1-2H3,(H,18,19)(H,20,21). The van der Waals surface area contributed by atoms with Crippen molar-refractivity contribution in [1.29, 1.82) is 0 Å². The van der Waals surface area contributed by atoms with Crippen LogP contribution in [0.15, 0.2) is 24.3 Å². The highest BCUT2D eigenvalue weighted by atomic mass is 16.4. The maximum absolute atomic E-state index is 12.1. The summed E-state index contributed by atoms with van der Waals surface area (Å²) >= 11 is 0. The number of hydrogen-bond acceptors (Lipinski definition) is 2. The van der Waals surface area contributed by atoms with E-state index in [1.165, 1.54) is 18.6 Å². The van der Waals surface area contributed by atoms with Crippen LogP contribution in [0.5, 0.6) is 0 Å². The van der Waals surface area contributed by atoms with Crippen LogP contribution < -0.4 is 5.32 Å². The van der Waals surface area contributed by atoms with Crippen LogP contribution in [0.25, 0.3) is 0 Å². The van der Waals surface area contributed by atoms with Crippen LogP contribution >= 0.6 is 0 Å². The molecule has 2 N–H and O–H groups in total. The van der Waals surface area contributed by atoms with E-state index in [9.17, 15) is 9.59 Å². The Balaban J connectivity index is 1.88. The fraction of sp³-hybridized carbons (Fsp3) is 0.529. The molecule has 0 spiro atoms. The van der Waals surface area contributed by atoms with Crippen LogP contribution in [0.2, 0.25) is 0 Å². The van der Waals surface area contributed by atoms with Gasteiger partial charge < -0.3 is 10.4 Å². The fourth-order valence-electron chi connectivity index (χ4n) is 3.09. The van der Waals surface area contributed by atoms with E-state index >= 15 is 0 Å². The third-order valence-electron chi connectivity index (χ3n) is 4.34. The summed E-state index contributed by atoms with van der Waals surface area (Å²) in [6.07, 6.45) is 3.69. The molecule has 2 rings (SSSR count). The van der Waals surface area contributed by atoms with Gasteiger partial charge in [-0.15, -0.1) is 0 Å². The Morgan fingerprint density at radius 1 is 1.19 bits per heavy atom. The Hall–Kier alpha value is -1.84. The van der Waals surface area contributed by atoms with Crippen molar-refractivity contribution in [2.75, 3.05) is 0 Å². The highest BCUT2D eigenvalue weighted by Gasteiger charge is 2.26. The molecular formula is C17H23NO3. The Morgan fingerprint density at radius 3 is 2.43 bits per heavy atom. The number of benzene rings is 1. The van der Waals surface area contributed by atoms with E-state index < -0.39 is 5.97 Å². The molecule has 1 amide bonds. The third kappa shape index (κ3) is 4.31. The minimum Gasteiger partial charge on any atom is -0.478 e. The first kappa shape index (κ1) is 15.5. The van der Waals surface area contributed by atoms with Gasteiger partial charge >= 0.3 is 5.97 Å². The Morgan fingerprint density at radius 2 is 1.86 bits per heavy atom. The summed E-state index contributed by atoms with van der Waals surface area (Å²) in [5, 5.41) is 12.0. The molecule has 0 radical (unpaired) electrons. The lowest BCUT2D eigenvalue weighted by atomic mass is 9.80. The third-order valence-corrected chi connectivity index (χ3v) is 4.34. The number of carbonyl (C=O) groups excluding carboxylic acids is 1. The predicted octanol–water partition coefficient (Wildman–Crippen LogP) is 2.87. The van der Waals surface area contributed by atoms with E-state index in [1.54, 1.807) is 12.1 Å². The molecule has 1 saturated carbocycles. The summed E-state index contributed by atoms with van der Waals surface area (Å²) < 4.78 is 0. The largest absolute Gasteiger partial charge is 0.478 e. The lowest BCUT2D eigenvalue weighted by molar-refractivity contribution is -0.121. The van der Waals surface area contributed by atoms with Gasteiger partial charge in [-0.05, 0) is 48.8 Å². The van der Waals surface area contributed by atoms with Gasteiger partial charge in [0.25, 0.3) is 0 Å². The molecule has 1 aliphatic rings. The molecule has 0 bridgehead atoms. The maximum atomic E-state index is 12.1. The molecule has 1 aromatic carbocycles. The Kier molecular flexibility index (Phi) is 4.99.